The SMILES string of the molecule is COCC1(C)Cc2ccc([N+](=O)[O-])cc2C(N2CCCC2=O)O1. The van der Waals surface area contributed by atoms with Crippen LogP contribution in [-0.4, -0.2) is 41.6 Å². The maximum absolute atomic E-state index is 12.2. The number of amides is 1. The van der Waals surface area contributed by atoms with Crippen molar-refractivity contribution in [3.8, 4) is 0 Å². The molecule has 0 saturated carbocycles. The van der Waals surface area contributed by atoms with Crippen molar-refractivity contribution in [1.82, 2.24) is 4.90 Å². The number of rotatable bonds is 4. The average molecular weight is 320 g/mol. The van der Waals surface area contributed by atoms with E-state index in [1.54, 1.807) is 18.1 Å². The van der Waals surface area contributed by atoms with Crippen molar-refractivity contribution in [1.29, 1.82) is 0 Å². The predicted octanol–water partition coefficient (Wildman–Crippen LogP) is 2.19. The molecule has 0 bridgehead atoms. The van der Waals surface area contributed by atoms with E-state index in [-0.39, 0.29) is 11.6 Å². The molecule has 2 atom stereocenters. The van der Waals surface area contributed by atoms with Crippen molar-refractivity contribution in [2.75, 3.05) is 20.3 Å². The van der Waals surface area contributed by atoms with Crippen LogP contribution in [0.25, 0.3) is 0 Å². The molecule has 7 heteroatoms. The number of nitrogens with zero attached hydrogens (tertiary/aromatic N) is 2. The van der Waals surface area contributed by atoms with Crippen LogP contribution < -0.4 is 0 Å². The van der Waals surface area contributed by atoms with Gasteiger partial charge in [-0.25, -0.2) is 0 Å². The molecule has 1 aromatic carbocycles. The molecule has 1 amide bonds. The van der Waals surface area contributed by atoms with Gasteiger partial charge in [-0.3, -0.25) is 14.9 Å². The van der Waals surface area contributed by atoms with Crippen molar-refractivity contribution < 1.29 is 19.2 Å². The Hall–Kier alpha value is -1.99. The number of non-ortho nitro benzene ring substituents is 1. The van der Waals surface area contributed by atoms with Gasteiger partial charge < -0.3 is 14.4 Å². The first-order valence-corrected chi connectivity index (χ1v) is 7.67. The molecule has 124 valence electrons. The smallest absolute Gasteiger partial charge is 0.269 e. The van der Waals surface area contributed by atoms with Crippen LogP contribution in [0.3, 0.4) is 0 Å². The molecule has 2 aliphatic rings. The number of carbonyl (C=O) groups is 1. The standard InChI is InChI=1S/C16H20N2O5/c1-16(10-22-2)9-11-5-6-12(18(20)21)8-13(11)15(23-16)17-7-3-4-14(17)19/h5-6,8,15H,3-4,7,9-10H2,1-2H3. The summed E-state index contributed by atoms with van der Waals surface area (Å²) in [6.07, 6.45) is 1.27. The van der Waals surface area contributed by atoms with Crippen molar-refractivity contribution in [3.63, 3.8) is 0 Å². The Kier molecular flexibility index (Phi) is 4.08. The zero-order chi connectivity index (χ0) is 16.6. The number of hydrogen-bond donors (Lipinski definition) is 0. The second-order valence-electron chi connectivity index (χ2n) is 6.36. The number of nitro benzene ring substituents is 1. The summed E-state index contributed by atoms with van der Waals surface area (Å²) >= 11 is 0. The minimum Gasteiger partial charge on any atom is -0.382 e. The third-order valence-electron chi connectivity index (χ3n) is 4.41. The highest BCUT2D eigenvalue weighted by Crippen LogP contribution is 2.41. The lowest BCUT2D eigenvalue weighted by Gasteiger charge is -2.42. The van der Waals surface area contributed by atoms with E-state index < -0.39 is 16.8 Å². The predicted molar refractivity (Wildman–Crippen MR) is 81.9 cm³/mol. The molecule has 0 aliphatic carbocycles. The molecule has 0 N–H and O–H groups in total. The van der Waals surface area contributed by atoms with E-state index in [0.29, 0.717) is 31.6 Å². The largest absolute Gasteiger partial charge is 0.382 e. The summed E-state index contributed by atoms with van der Waals surface area (Å²) in [5.41, 5.74) is 1.12. The number of nitro groups is 1. The van der Waals surface area contributed by atoms with E-state index in [1.807, 2.05) is 6.92 Å². The summed E-state index contributed by atoms with van der Waals surface area (Å²) in [6, 6.07) is 4.79. The third-order valence-corrected chi connectivity index (χ3v) is 4.41. The first kappa shape index (κ1) is 15.9. The monoisotopic (exact) mass is 320 g/mol. The fraction of sp³-hybridized carbons (Fsp3) is 0.562. The molecule has 23 heavy (non-hydrogen) atoms. The van der Waals surface area contributed by atoms with Gasteiger partial charge in [-0.2, -0.15) is 0 Å². The Morgan fingerprint density at radius 1 is 1.52 bits per heavy atom. The number of methoxy groups -OCH3 is 1. The molecule has 0 radical (unpaired) electrons. The number of fused-ring (bicyclic) bond motifs is 1. The zero-order valence-electron chi connectivity index (χ0n) is 13.3. The van der Waals surface area contributed by atoms with Crippen molar-refractivity contribution in [2.24, 2.45) is 0 Å². The quantitative estimate of drug-likeness (QED) is 0.627. The van der Waals surface area contributed by atoms with Gasteiger partial charge in [0.15, 0.2) is 6.23 Å². The van der Waals surface area contributed by atoms with E-state index in [2.05, 4.69) is 0 Å². The van der Waals surface area contributed by atoms with Crippen LogP contribution in [0, 0.1) is 10.1 Å². The molecule has 1 aromatic rings. The van der Waals surface area contributed by atoms with Crippen molar-refractivity contribution in [2.45, 2.75) is 38.0 Å². The van der Waals surface area contributed by atoms with E-state index in [4.69, 9.17) is 9.47 Å². The second kappa shape index (κ2) is 5.90. The second-order valence-corrected chi connectivity index (χ2v) is 6.36. The lowest BCUT2D eigenvalue weighted by atomic mass is 9.89. The molecule has 2 unspecified atom stereocenters. The molecule has 3 rings (SSSR count). The van der Waals surface area contributed by atoms with Crippen LogP contribution >= 0.6 is 0 Å². The van der Waals surface area contributed by atoms with Crippen LogP contribution in [0.5, 0.6) is 0 Å². The van der Waals surface area contributed by atoms with Gasteiger partial charge in [0, 0.05) is 44.2 Å². The summed E-state index contributed by atoms with van der Waals surface area (Å²) in [6.45, 7) is 2.94. The third kappa shape index (κ3) is 2.94. The van der Waals surface area contributed by atoms with Gasteiger partial charge in [-0.05, 0) is 18.9 Å². The Bertz CT molecular complexity index is 647. The van der Waals surface area contributed by atoms with Crippen molar-refractivity contribution in [3.05, 3.63) is 39.4 Å². The molecule has 2 heterocycles. The van der Waals surface area contributed by atoms with E-state index in [1.165, 1.54) is 12.1 Å². The summed E-state index contributed by atoms with van der Waals surface area (Å²) in [5.74, 6) is 0.0223. The molecule has 0 aromatic heterocycles. The maximum atomic E-state index is 12.2. The van der Waals surface area contributed by atoms with Gasteiger partial charge in [0.2, 0.25) is 5.91 Å². The number of likely N-dealkylation sites (tertiary alicyclic amines) is 1. The fourth-order valence-corrected chi connectivity index (χ4v) is 3.40. The Morgan fingerprint density at radius 3 is 2.91 bits per heavy atom. The van der Waals surface area contributed by atoms with Crippen LogP contribution in [0.1, 0.15) is 37.1 Å². The van der Waals surface area contributed by atoms with Gasteiger partial charge in [0.25, 0.3) is 5.69 Å². The highest BCUT2D eigenvalue weighted by atomic mass is 16.6. The number of hydrogen-bond acceptors (Lipinski definition) is 5. The first-order chi connectivity index (χ1) is 10.9. The minimum atomic E-state index is -0.589. The Balaban J connectivity index is 2.04. The maximum Gasteiger partial charge on any atom is 0.269 e. The summed E-state index contributed by atoms with van der Waals surface area (Å²) < 4.78 is 11.4. The molecular weight excluding hydrogens is 300 g/mol. The fourth-order valence-electron chi connectivity index (χ4n) is 3.40. The number of ether oxygens (including phenoxy) is 2. The van der Waals surface area contributed by atoms with Crippen LogP contribution in [0.15, 0.2) is 18.2 Å². The van der Waals surface area contributed by atoms with Crippen LogP contribution in [0.4, 0.5) is 5.69 Å². The summed E-state index contributed by atoms with van der Waals surface area (Å²) in [5, 5.41) is 11.1. The highest BCUT2D eigenvalue weighted by molar-refractivity contribution is 5.78. The van der Waals surface area contributed by atoms with Gasteiger partial charge >= 0.3 is 0 Å². The lowest BCUT2D eigenvalue weighted by molar-refractivity contribution is -0.385. The molecular formula is C16H20N2O5. The zero-order valence-corrected chi connectivity index (χ0v) is 13.3. The molecule has 0 spiro atoms. The van der Waals surface area contributed by atoms with Gasteiger partial charge in [-0.1, -0.05) is 6.07 Å². The lowest BCUT2D eigenvalue weighted by Crippen LogP contribution is -2.46. The molecule has 2 aliphatic heterocycles. The summed E-state index contributed by atoms with van der Waals surface area (Å²) in [4.78, 5) is 24.5. The molecule has 7 nitrogen and oxygen atoms in total. The summed E-state index contributed by atoms with van der Waals surface area (Å²) in [7, 11) is 1.61. The van der Waals surface area contributed by atoms with Gasteiger partial charge in [-0.15, -0.1) is 0 Å². The van der Waals surface area contributed by atoms with Gasteiger partial charge in [0.05, 0.1) is 17.1 Å². The minimum absolute atomic E-state index is 0.0133. The van der Waals surface area contributed by atoms with Crippen LogP contribution in [0.2, 0.25) is 0 Å². The van der Waals surface area contributed by atoms with Crippen LogP contribution in [-0.2, 0) is 20.7 Å². The Morgan fingerprint density at radius 2 is 2.30 bits per heavy atom. The normalized spacial score (nSPS) is 27.1. The number of benzene rings is 1. The van der Waals surface area contributed by atoms with E-state index in [9.17, 15) is 14.9 Å². The van der Waals surface area contributed by atoms with E-state index in [0.717, 1.165) is 12.0 Å². The molecule has 1 fully saturated rings. The average Bonchev–Trinajstić information content (AvgIpc) is 2.92. The number of carbonyl (C=O) groups excluding carboxylic acids is 1. The Labute approximate surface area is 134 Å². The molecule has 1 saturated heterocycles. The van der Waals surface area contributed by atoms with E-state index >= 15 is 0 Å². The topological polar surface area (TPSA) is 81.9 Å². The highest BCUT2D eigenvalue weighted by Gasteiger charge is 2.42. The van der Waals surface area contributed by atoms with Gasteiger partial charge in [0.1, 0.15) is 0 Å². The first-order valence-electron chi connectivity index (χ1n) is 7.67. The van der Waals surface area contributed by atoms with Crippen molar-refractivity contribution >= 4 is 11.6 Å².